The molecule has 3 heterocycles. The van der Waals surface area contributed by atoms with Crippen molar-refractivity contribution in [2.24, 2.45) is 7.05 Å². The number of hydrogen-bond acceptors (Lipinski definition) is 6. The van der Waals surface area contributed by atoms with Crippen LogP contribution >= 0.6 is 0 Å². The van der Waals surface area contributed by atoms with Gasteiger partial charge < -0.3 is 5.32 Å². The lowest BCUT2D eigenvalue weighted by Crippen LogP contribution is -2.34. The fourth-order valence-corrected chi connectivity index (χ4v) is 2.04. The summed E-state index contributed by atoms with van der Waals surface area (Å²) in [6.07, 6.45) is 2.26. The fraction of sp³-hybridized carbons (Fsp3) is 0.500. The van der Waals surface area contributed by atoms with Crippen LogP contribution in [0.2, 0.25) is 0 Å². The Morgan fingerprint density at radius 1 is 1.50 bits per heavy atom. The molecular formula is C10H13N7O. The first kappa shape index (κ1) is 11.0. The maximum Gasteiger partial charge on any atom is 0.257 e. The van der Waals surface area contributed by atoms with E-state index in [1.54, 1.807) is 13.4 Å². The Labute approximate surface area is 103 Å². The summed E-state index contributed by atoms with van der Waals surface area (Å²) in [4.78, 5) is 17.9. The summed E-state index contributed by atoms with van der Waals surface area (Å²) in [7, 11) is 1.69. The van der Waals surface area contributed by atoms with Crippen LogP contribution < -0.4 is 10.9 Å². The molecule has 0 radical (unpaired) electrons. The van der Waals surface area contributed by atoms with Gasteiger partial charge in [0.25, 0.3) is 5.56 Å². The number of tetrazole rings is 1. The molecule has 8 heteroatoms. The zero-order valence-corrected chi connectivity index (χ0v) is 10.00. The molecule has 0 spiro atoms. The highest BCUT2D eigenvalue weighted by Crippen LogP contribution is 2.05. The number of nitrogens with one attached hydrogen (secondary N) is 1. The summed E-state index contributed by atoms with van der Waals surface area (Å²) in [6, 6.07) is 0. The van der Waals surface area contributed by atoms with E-state index in [4.69, 9.17) is 0 Å². The van der Waals surface area contributed by atoms with Crippen molar-refractivity contribution in [3.8, 4) is 0 Å². The highest BCUT2D eigenvalue weighted by atomic mass is 16.1. The SMILES string of the molecule is Cn1nnc(Cn2cnc3c(c2=O)CCNC3)n1. The summed E-state index contributed by atoms with van der Waals surface area (Å²) < 4.78 is 1.53. The van der Waals surface area contributed by atoms with Crippen molar-refractivity contribution in [2.75, 3.05) is 6.54 Å². The van der Waals surface area contributed by atoms with Crippen LogP contribution in [0.15, 0.2) is 11.1 Å². The highest BCUT2D eigenvalue weighted by Gasteiger charge is 2.15. The van der Waals surface area contributed by atoms with Gasteiger partial charge in [0.15, 0.2) is 5.82 Å². The van der Waals surface area contributed by atoms with Crippen LogP contribution in [0.5, 0.6) is 0 Å². The second-order valence-corrected chi connectivity index (χ2v) is 4.22. The Kier molecular flexibility index (Phi) is 2.63. The zero-order valence-electron chi connectivity index (χ0n) is 10.00. The monoisotopic (exact) mass is 247 g/mol. The van der Waals surface area contributed by atoms with E-state index in [2.05, 4.69) is 25.7 Å². The number of fused-ring (bicyclic) bond motifs is 1. The normalized spacial score (nSPS) is 14.5. The first-order valence-corrected chi connectivity index (χ1v) is 5.75. The van der Waals surface area contributed by atoms with Crippen LogP contribution in [0.4, 0.5) is 0 Å². The standard InChI is InChI=1S/C10H13N7O/c1-16-14-9(13-15-16)5-17-6-12-8-4-11-3-2-7(8)10(17)18/h6,11H,2-5H2,1H3. The van der Waals surface area contributed by atoms with Crippen LogP contribution in [-0.4, -0.2) is 36.3 Å². The molecule has 0 fully saturated rings. The minimum atomic E-state index is -0.00560. The summed E-state index contributed by atoms with van der Waals surface area (Å²) >= 11 is 0. The van der Waals surface area contributed by atoms with E-state index in [1.165, 1.54) is 9.36 Å². The van der Waals surface area contributed by atoms with Crippen molar-refractivity contribution >= 4 is 0 Å². The molecule has 3 rings (SSSR count). The Morgan fingerprint density at radius 3 is 3.17 bits per heavy atom. The fourth-order valence-electron chi connectivity index (χ4n) is 2.04. The first-order valence-electron chi connectivity index (χ1n) is 5.75. The maximum absolute atomic E-state index is 12.2. The van der Waals surface area contributed by atoms with Crippen LogP contribution in [0.3, 0.4) is 0 Å². The zero-order chi connectivity index (χ0) is 12.5. The minimum absolute atomic E-state index is 0.00560. The number of rotatable bonds is 2. The van der Waals surface area contributed by atoms with Crippen molar-refractivity contribution in [1.82, 2.24) is 35.1 Å². The molecule has 8 nitrogen and oxygen atoms in total. The van der Waals surface area contributed by atoms with Crippen molar-refractivity contribution in [3.05, 3.63) is 33.8 Å². The molecule has 0 unspecified atom stereocenters. The van der Waals surface area contributed by atoms with Crippen molar-refractivity contribution < 1.29 is 0 Å². The molecule has 1 N–H and O–H groups in total. The first-order chi connectivity index (χ1) is 8.74. The molecule has 2 aromatic heterocycles. The van der Waals surface area contributed by atoms with Crippen LogP contribution in [0.1, 0.15) is 17.1 Å². The van der Waals surface area contributed by atoms with Crippen LogP contribution in [0.25, 0.3) is 0 Å². The number of aryl methyl sites for hydroxylation is 1. The summed E-state index contributed by atoms with van der Waals surface area (Å²) in [5, 5.41) is 14.9. The molecular weight excluding hydrogens is 234 g/mol. The number of hydrogen-bond donors (Lipinski definition) is 1. The molecule has 0 aromatic carbocycles. The number of nitrogens with zero attached hydrogens (tertiary/aromatic N) is 6. The minimum Gasteiger partial charge on any atom is -0.311 e. The third-order valence-corrected chi connectivity index (χ3v) is 2.93. The third-order valence-electron chi connectivity index (χ3n) is 2.93. The predicted octanol–water partition coefficient (Wildman–Crippen LogP) is -1.54. The van der Waals surface area contributed by atoms with E-state index >= 15 is 0 Å². The summed E-state index contributed by atoms with van der Waals surface area (Å²) in [5.74, 6) is 0.510. The topological polar surface area (TPSA) is 90.5 Å². The summed E-state index contributed by atoms with van der Waals surface area (Å²) in [5.41, 5.74) is 1.63. The van der Waals surface area contributed by atoms with Gasteiger partial charge in [-0.05, 0) is 18.2 Å². The Hall–Kier alpha value is -2.09. The van der Waals surface area contributed by atoms with Gasteiger partial charge in [-0.2, -0.15) is 4.80 Å². The van der Waals surface area contributed by atoms with Gasteiger partial charge in [0.2, 0.25) is 0 Å². The molecule has 0 bridgehead atoms. The van der Waals surface area contributed by atoms with Crippen LogP contribution in [-0.2, 0) is 26.6 Å². The number of aromatic nitrogens is 6. The molecule has 0 amide bonds. The quantitative estimate of drug-likeness (QED) is 0.691. The van der Waals surface area contributed by atoms with Crippen LogP contribution in [0, 0.1) is 0 Å². The van der Waals surface area contributed by atoms with Gasteiger partial charge in [0.1, 0.15) is 0 Å². The van der Waals surface area contributed by atoms with Gasteiger partial charge >= 0.3 is 0 Å². The molecule has 0 aliphatic carbocycles. The highest BCUT2D eigenvalue weighted by molar-refractivity contribution is 5.19. The van der Waals surface area contributed by atoms with E-state index in [9.17, 15) is 4.79 Å². The molecule has 2 aromatic rings. The van der Waals surface area contributed by atoms with E-state index < -0.39 is 0 Å². The smallest absolute Gasteiger partial charge is 0.257 e. The van der Waals surface area contributed by atoms with E-state index in [-0.39, 0.29) is 5.56 Å². The Morgan fingerprint density at radius 2 is 2.39 bits per heavy atom. The molecule has 18 heavy (non-hydrogen) atoms. The predicted molar refractivity (Wildman–Crippen MR) is 61.8 cm³/mol. The lowest BCUT2D eigenvalue weighted by atomic mass is 10.1. The average molecular weight is 247 g/mol. The second kappa shape index (κ2) is 4.30. The molecule has 94 valence electrons. The van der Waals surface area contributed by atoms with E-state index in [0.29, 0.717) is 18.9 Å². The average Bonchev–Trinajstić information content (AvgIpc) is 2.79. The largest absolute Gasteiger partial charge is 0.311 e. The maximum atomic E-state index is 12.2. The van der Waals surface area contributed by atoms with E-state index in [0.717, 1.165) is 24.2 Å². The van der Waals surface area contributed by atoms with Crippen molar-refractivity contribution in [3.63, 3.8) is 0 Å². The Balaban J connectivity index is 1.96. The summed E-state index contributed by atoms with van der Waals surface area (Å²) in [6.45, 7) is 1.78. The van der Waals surface area contributed by atoms with E-state index in [1.807, 2.05) is 0 Å². The van der Waals surface area contributed by atoms with Gasteiger partial charge in [0.05, 0.1) is 25.6 Å². The second-order valence-electron chi connectivity index (χ2n) is 4.22. The molecule has 0 saturated heterocycles. The Bertz CT molecular complexity index is 629. The van der Waals surface area contributed by atoms with Gasteiger partial charge in [-0.25, -0.2) is 4.98 Å². The van der Waals surface area contributed by atoms with Crippen molar-refractivity contribution in [2.45, 2.75) is 19.5 Å². The van der Waals surface area contributed by atoms with Gasteiger partial charge in [-0.1, -0.05) is 0 Å². The molecule has 1 aliphatic rings. The van der Waals surface area contributed by atoms with Gasteiger partial charge in [0, 0.05) is 12.1 Å². The van der Waals surface area contributed by atoms with Crippen molar-refractivity contribution in [1.29, 1.82) is 0 Å². The lowest BCUT2D eigenvalue weighted by molar-refractivity contribution is 0.589. The lowest BCUT2D eigenvalue weighted by Gasteiger charge is -2.16. The molecule has 0 saturated carbocycles. The molecule has 1 aliphatic heterocycles. The van der Waals surface area contributed by atoms with Gasteiger partial charge in [-0.15, -0.1) is 10.2 Å². The van der Waals surface area contributed by atoms with Gasteiger partial charge in [-0.3, -0.25) is 9.36 Å². The third kappa shape index (κ3) is 1.90. The molecule has 0 atom stereocenters.